The van der Waals surface area contributed by atoms with Gasteiger partial charge in [-0.1, -0.05) is 13.0 Å². The number of rotatable bonds is 3. The monoisotopic (exact) mass is 258 g/mol. The molecule has 0 aromatic carbocycles. The molecule has 1 aromatic rings. The number of pyridine rings is 1. The molecule has 19 heavy (non-hydrogen) atoms. The molecule has 1 aliphatic heterocycles. The third-order valence-electron chi connectivity index (χ3n) is 4.51. The van der Waals surface area contributed by atoms with Crippen LogP contribution in [-0.2, 0) is 4.79 Å². The minimum absolute atomic E-state index is 0.199. The van der Waals surface area contributed by atoms with Crippen molar-refractivity contribution >= 4 is 5.91 Å². The maximum absolute atomic E-state index is 12.6. The van der Waals surface area contributed by atoms with Gasteiger partial charge >= 0.3 is 0 Å². The molecule has 0 bridgehead atoms. The predicted octanol–water partition coefficient (Wildman–Crippen LogP) is 3.10. The summed E-state index contributed by atoms with van der Waals surface area (Å²) in [6.07, 6.45) is 4.62. The molecule has 2 aliphatic rings. The van der Waals surface area contributed by atoms with Crippen molar-refractivity contribution < 1.29 is 4.79 Å². The molecule has 2 atom stereocenters. The Hall–Kier alpha value is -1.38. The largest absolute Gasteiger partial charge is 0.334 e. The number of aromatic nitrogens is 1. The van der Waals surface area contributed by atoms with Gasteiger partial charge in [0.25, 0.3) is 0 Å². The van der Waals surface area contributed by atoms with Crippen LogP contribution in [0.2, 0.25) is 0 Å². The van der Waals surface area contributed by atoms with Gasteiger partial charge in [0.1, 0.15) is 0 Å². The van der Waals surface area contributed by atoms with Gasteiger partial charge in [0.05, 0.1) is 11.7 Å². The lowest BCUT2D eigenvalue weighted by atomic mass is 10.0. The molecule has 3 heteroatoms. The number of aryl methyl sites for hydroxylation is 1. The topological polar surface area (TPSA) is 33.2 Å². The molecule has 1 amide bonds. The first kappa shape index (κ1) is 12.6. The zero-order valence-corrected chi connectivity index (χ0v) is 11.8. The molecule has 3 rings (SSSR count). The van der Waals surface area contributed by atoms with E-state index in [-0.39, 0.29) is 12.0 Å². The van der Waals surface area contributed by atoms with Gasteiger partial charge in [0.2, 0.25) is 5.91 Å². The smallest absolute Gasteiger partial charge is 0.226 e. The van der Waals surface area contributed by atoms with Crippen LogP contribution in [0.3, 0.4) is 0 Å². The molecule has 1 aliphatic carbocycles. The second-order valence-corrected chi connectivity index (χ2v) is 6.02. The van der Waals surface area contributed by atoms with Gasteiger partial charge in [-0.2, -0.15) is 0 Å². The first-order valence-electron chi connectivity index (χ1n) is 7.41. The molecule has 0 radical (unpaired) electrons. The Morgan fingerprint density at radius 2 is 2.16 bits per heavy atom. The molecule has 1 saturated heterocycles. The zero-order chi connectivity index (χ0) is 13.4. The van der Waals surface area contributed by atoms with E-state index in [0.29, 0.717) is 11.8 Å². The summed E-state index contributed by atoms with van der Waals surface area (Å²) in [6, 6.07) is 6.32. The number of carbonyl (C=O) groups is 1. The molecule has 102 valence electrons. The maximum atomic E-state index is 12.6. The Bertz CT molecular complexity index is 481. The Morgan fingerprint density at radius 1 is 1.37 bits per heavy atom. The molecule has 1 aromatic heterocycles. The quantitative estimate of drug-likeness (QED) is 0.834. The van der Waals surface area contributed by atoms with Crippen molar-refractivity contribution in [3.05, 3.63) is 29.6 Å². The van der Waals surface area contributed by atoms with Gasteiger partial charge in [-0.15, -0.1) is 0 Å². The Labute approximate surface area is 115 Å². The number of nitrogens with zero attached hydrogens (tertiary/aromatic N) is 2. The van der Waals surface area contributed by atoms with E-state index in [2.05, 4.69) is 22.9 Å². The number of carbonyl (C=O) groups excluding carboxylic acids is 1. The highest BCUT2D eigenvalue weighted by Gasteiger charge is 2.39. The summed E-state index contributed by atoms with van der Waals surface area (Å²) >= 11 is 0. The minimum atomic E-state index is 0.199. The molecular weight excluding hydrogens is 236 g/mol. The van der Waals surface area contributed by atoms with Crippen LogP contribution in [0.25, 0.3) is 0 Å². The van der Waals surface area contributed by atoms with Crippen molar-refractivity contribution in [1.29, 1.82) is 0 Å². The summed E-state index contributed by atoms with van der Waals surface area (Å²) in [6.45, 7) is 5.01. The Kier molecular flexibility index (Phi) is 3.29. The first-order chi connectivity index (χ1) is 9.16. The number of likely N-dealkylation sites (tertiary alicyclic amines) is 1. The van der Waals surface area contributed by atoms with E-state index in [1.165, 1.54) is 12.8 Å². The van der Waals surface area contributed by atoms with E-state index >= 15 is 0 Å². The average Bonchev–Trinajstić information content (AvgIpc) is 3.14. The van der Waals surface area contributed by atoms with Crippen molar-refractivity contribution in [3.8, 4) is 0 Å². The highest BCUT2D eigenvalue weighted by molar-refractivity contribution is 5.79. The SMILES string of the molecule is Cc1cccc(C2CCCN2C(=O)C(C)C2CC2)n1. The van der Waals surface area contributed by atoms with Crippen LogP contribution in [-0.4, -0.2) is 22.3 Å². The van der Waals surface area contributed by atoms with Gasteiger partial charge in [-0.3, -0.25) is 9.78 Å². The zero-order valence-electron chi connectivity index (χ0n) is 11.8. The fraction of sp³-hybridized carbons (Fsp3) is 0.625. The predicted molar refractivity (Wildman–Crippen MR) is 74.6 cm³/mol. The molecule has 0 spiro atoms. The molecule has 1 saturated carbocycles. The van der Waals surface area contributed by atoms with Crippen LogP contribution < -0.4 is 0 Å². The summed E-state index contributed by atoms with van der Waals surface area (Å²) in [5.41, 5.74) is 2.10. The fourth-order valence-electron chi connectivity index (χ4n) is 3.15. The highest BCUT2D eigenvalue weighted by atomic mass is 16.2. The van der Waals surface area contributed by atoms with Gasteiger partial charge in [0, 0.05) is 18.2 Å². The summed E-state index contributed by atoms with van der Waals surface area (Å²) in [7, 11) is 0. The normalized spacial score (nSPS) is 24.5. The minimum Gasteiger partial charge on any atom is -0.334 e. The lowest BCUT2D eigenvalue weighted by Crippen LogP contribution is -2.35. The second-order valence-electron chi connectivity index (χ2n) is 6.02. The average molecular weight is 258 g/mol. The molecule has 0 N–H and O–H groups in total. The number of amides is 1. The van der Waals surface area contributed by atoms with E-state index in [9.17, 15) is 4.79 Å². The van der Waals surface area contributed by atoms with Crippen molar-refractivity contribution in [2.75, 3.05) is 6.54 Å². The van der Waals surface area contributed by atoms with E-state index < -0.39 is 0 Å². The fourth-order valence-corrected chi connectivity index (χ4v) is 3.15. The van der Waals surface area contributed by atoms with Crippen LogP contribution in [0.5, 0.6) is 0 Å². The maximum Gasteiger partial charge on any atom is 0.226 e. The second kappa shape index (κ2) is 4.95. The van der Waals surface area contributed by atoms with Crippen LogP contribution in [0, 0.1) is 18.8 Å². The van der Waals surface area contributed by atoms with E-state index in [1.54, 1.807) is 0 Å². The van der Waals surface area contributed by atoms with Gasteiger partial charge in [0.15, 0.2) is 0 Å². The van der Waals surface area contributed by atoms with Crippen molar-refractivity contribution in [2.24, 2.45) is 11.8 Å². The summed E-state index contributed by atoms with van der Waals surface area (Å²) in [5, 5.41) is 0. The van der Waals surface area contributed by atoms with Gasteiger partial charge in [-0.25, -0.2) is 0 Å². The van der Waals surface area contributed by atoms with Crippen molar-refractivity contribution in [1.82, 2.24) is 9.88 Å². The Morgan fingerprint density at radius 3 is 2.84 bits per heavy atom. The Balaban J connectivity index is 1.79. The molecule has 2 heterocycles. The van der Waals surface area contributed by atoms with Crippen molar-refractivity contribution in [3.63, 3.8) is 0 Å². The van der Waals surface area contributed by atoms with E-state index in [4.69, 9.17) is 0 Å². The van der Waals surface area contributed by atoms with Gasteiger partial charge < -0.3 is 4.90 Å². The molecular formula is C16H22N2O. The van der Waals surface area contributed by atoms with Gasteiger partial charge in [-0.05, 0) is 50.7 Å². The van der Waals surface area contributed by atoms with E-state index in [1.807, 2.05) is 19.1 Å². The molecule has 3 nitrogen and oxygen atoms in total. The van der Waals surface area contributed by atoms with Crippen LogP contribution in [0.4, 0.5) is 0 Å². The van der Waals surface area contributed by atoms with Crippen molar-refractivity contribution in [2.45, 2.75) is 45.6 Å². The number of hydrogen-bond acceptors (Lipinski definition) is 2. The number of hydrogen-bond donors (Lipinski definition) is 0. The molecule has 2 unspecified atom stereocenters. The lowest BCUT2D eigenvalue weighted by Gasteiger charge is -2.27. The van der Waals surface area contributed by atoms with Crippen LogP contribution in [0.1, 0.15) is 50.0 Å². The molecule has 2 fully saturated rings. The summed E-state index contributed by atoms with van der Waals surface area (Å²) in [4.78, 5) is 19.3. The highest BCUT2D eigenvalue weighted by Crippen LogP contribution is 2.40. The van der Waals surface area contributed by atoms with Crippen LogP contribution in [0.15, 0.2) is 18.2 Å². The first-order valence-corrected chi connectivity index (χ1v) is 7.41. The van der Waals surface area contributed by atoms with E-state index in [0.717, 1.165) is 30.8 Å². The van der Waals surface area contributed by atoms with Crippen LogP contribution >= 0.6 is 0 Å². The third-order valence-corrected chi connectivity index (χ3v) is 4.51. The summed E-state index contributed by atoms with van der Waals surface area (Å²) < 4.78 is 0. The standard InChI is InChI=1S/C16H22N2O/c1-11-5-3-6-14(17-11)15-7-4-10-18(15)16(19)12(2)13-8-9-13/h3,5-6,12-13,15H,4,7-10H2,1-2H3. The third kappa shape index (κ3) is 2.51. The summed E-state index contributed by atoms with van der Waals surface area (Å²) in [5.74, 6) is 1.18. The lowest BCUT2D eigenvalue weighted by molar-refractivity contribution is -0.136.